The SMILES string of the molecule is C[C@@H]1CCn2nc(C(=O)N[C@H]3COc4ccc(Cl)cc4C3)cc2O1. The van der Waals surface area contributed by atoms with Crippen LogP contribution in [0.3, 0.4) is 0 Å². The number of benzene rings is 1. The lowest BCUT2D eigenvalue weighted by Gasteiger charge is -2.25. The van der Waals surface area contributed by atoms with Gasteiger partial charge in [-0.05, 0) is 37.1 Å². The summed E-state index contributed by atoms with van der Waals surface area (Å²) in [6.45, 7) is 3.21. The van der Waals surface area contributed by atoms with Gasteiger partial charge in [-0.2, -0.15) is 5.10 Å². The molecule has 24 heavy (non-hydrogen) atoms. The lowest BCUT2D eigenvalue weighted by atomic mass is 10.0. The minimum absolute atomic E-state index is 0.109. The first-order valence-electron chi connectivity index (χ1n) is 8.05. The van der Waals surface area contributed by atoms with Gasteiger partial charge >= 0.3 is 0 Å². The van der Waals surface area contributed by atoms with Gasteiger partial charge in [0.1, 0.15) is 12.4 Å². The molecule has 1 amide bonds. The lowest BCUT2D eigenvalue weighted by Crippen LogP contribution is -2.42. The van der Waals surface area contributed by atoms with Crippen molar-refractivity contribution >= 4 is 17.5 Å². The van der Waals surface area contributed by atoms with Gasteiger partial charge in [-0.15, -0.1) is 0 Å². The number of hydrogen-bond donors (Lipinski definition) is 1. The Morgan fingerprint density at radius 2 is 2.29 bits per heavy atom. The summed E-state index contributed by atoms with van der Waals surface area (Å²) in [5.74, 6) is 1.26. The van der Waals surface area contributed by atoms with Gasteiger partial charge in [0.15, 0.2) is 5.69 Å². The Labute approximate surface area is 144 Å². The Balaban J connectivity index is 1.45. The number of carbonyl (C=O) groups is 1. The molecule has 1 aromatic heterocycles. The van der Waals surface area contributed by atoms with Crippen molar-refractivity contribution in [3.05, 3.63) is 40.5 Å². The second-order valence-electron chi connectivity index (χ2n) is 6.25. The number of aryl methyl sites for hydroxylation is 1. The van der Waals surface area contributed by atoms with Gasteiger partial charge in [0.2, 0.25) is 5.88 Å². The van der Waals surface area contributed by atoms with Crippen molar-refractivity contribution in [1.29, 1.82) is 0 Å². The highest BCUT2D eigenvalue weighted by molar-refractivity contribution is 6.30. The van der Waals surface area contributed by atoms with Crippen molar-refractivity contribution in [2.75, 3.05) is 6.61 Å². The van der Waals surface area contributed by atoms with Crippen molar-refractivity contribution < 1.29 is 14.3 Å². The Bertz CT molecular complexity index is 789. The van der Waals surface area contributed by atoms with Gasteiger partial charge in [-0.25, -0.2) is 4.68 Å². The van der Waals surface area contributed by atoms with E-state index in [-0.39, 0.29) is 18.1 Å². The number of aromatic nitrogens is 2. The summed E-state index contributed by atoms with van der Waals surface area (Å²) in [7, 11) is 0. The van der Waals surface area contributed by atoms with Crippen molar-refractivity contribution in [2.24, 2.45) is 0 Å². The highest BCUT2D eigenvalue weighted by Crippen LogP contribution is 2.28. The van der Waals surface area contributed by atoms with Crippen LogP contribution in [0, 0.1) is 0 Å². The number of rotatable bonds is 2. The van der Waals surface area contributed by atoms with E-state index in [4.69, 9.17) is 21.1 Å². The minimum Gasteiger partial charge on any atom is -0.491 e. The molecular weight excluding hydrogens is 330 g/mol. The van der Waals surface area contributed by atoms with Crippen LogP contribution in [0.1, 0.15) is 29.4 Å². The molecule has 1 N–H and O–H groups in total. The topological polar surface area (TPSA) is 65.4 Å². The maximum atomic E-state index is 12.5. The summed E-state index contributed by atoms with van der Waals surface area (Å²) >= 11 is 6.03. The second kappa shape index (κ2) is 6.02. The van der Waals surface area contributed by atoms with E-state index in [2.05, 4.69) is 10.4 Å². The number of ether oxygens (including phenoxy) is 2. The summed E-state index contributed by atoms with van der Waals surface area (Å²) in [5.41, 5.74) is 1.37. The van der Waals surface area contributed by atoms with E-state index in [0.29, 0.717) is 29.6 Å². The number of hydrogen-bond acceptors (Lipinski definition) is 4. The normalized spacial score (nSPS) is 21.9. The monoisotopic (exact) mass is 347 g/mol. The first kappa shape index (κ1) is 15.3. The number of nitrogens with zero attached hydrogens (tertiary/aromatic N) is 2. The highest BCUT2D eigenvalue weighted by Gasteiger charge is 2.25. The van der Waals surface area contributed by atoms with Crippen LogP contribution < -0.4 is 14.8 Å². The van der Waals surface area contributed by atoms with Gasteiger partial charge in [0.25, 0.3) is 5.91 Å². The quantitative estimate of drug-likeness (QED) is 0.906. The van der Waals surface area contributed by atoms with E-state index in [1.807, 2.05) is 19.1 Å². The second-order valence-corrected chi connectivity index (χ2v) is 6.68. The zero-order chi connectivity index (χ0) is 16.7. The standard InChI is InChI=1S/C17H18ClN3O3/c1-10-4-5-21-16(24-10)8-14(20-21)17(22)19-13-7-11-6-12(18)2-3-15(11)23-9-13/h2-3,6,8,10,13H,4-5,7,9H2,1H3,(H,19,22)/t10-,13-/m1/s1. The molecule has 1 aromatic carbocycles. The lowest BCUT2D eigenvalue weighted by molar-refractivity contribution is 0.0909. The van der Waals surface area contributed by atoms with E-state index in [0.717, 1.165) is 24.3 Å². The molecule has 2 atom stereocenters. The van der Waals surface area contributed by atoms with Gasteiger partial charge < -0.3 is 14.8 Å². The number of carbonyl (C=O) groups excluding carboxylic acids is 1. The molecule has 0 bridgehead atoms. The molecule has 0 saturated heterocycles. The Hall–Kier alpha value is -2.21. The summed E-state index contributed by atoms with van der Waals surface area (Å²) in [4.78, 5) is 12.5. The zero-order valence-electron chi connectivity index (χ0n) is 13.3. The van der Waals surface area contributed by atoms with Crippen LogP contribution in [-0.2, 0) is 13.0 Å². The molecule has 2 aromatic rings. The number of nitrogens with one attached hydrogen (secondary N) is 1. The summed E-state index contributed by atoms with van der Waals surface area (Å²) in [6, 6.07) is 7.12. The fraction of sp³-hybridized carbons (Fsp3) is 0.412. The predicted octanol–water partition coefficient (Wildman–Crippen LogP) is 2.44. The summed E-state index contributed by atoms with van der Waals surface area (Å²) in [5, 5.41) is 7.97. The van der Waals surface area contributed by atoms with Crippen LogP contribution >= 0.6 is 11.6 Å². The van der Waals surface area contributed by atoms with Crippen molar-refractivity contribution in [3.8, 4) is 11.6 Å². The molecule has 4 rings (SSSR count). The molecule has 3 heterocycles. The van der Waals surface area contributed by atoms with Crippen LogP contribution in [-0.4, -0.2) is 34.4 Å². The molecule has 0 unspecified atom stereocenters. The third-order valence-electron chi connectivity index (χ3n) is 4.31. The highest BCUT2D eigenvalue weighted by atomic mass is 35.5. The van der Waals surface area contributed by atoms with E-state index in [1.54, 1.807) is 16.8 Å². The maximum absolute atomic E-state index is 12.5. The Morgan fingerprint density at radius 1 is 1.42 bits per heavy atom. The van der Waals surface area contributed by atoms with Crippen LogP contribution in [0.2, 0.25) is 5.02 Å². The Morgan fingerprint density at radius 3 is 3.17 bits per heavy atom. The number of amides is 1. The maximum Gasteiger partial charge on any atom is 0.272 e. The zero-order valence-corrected chi connectivity index (χ0v) is 14.0. The first-order chi connectivity index (χ1) is 11.6. The van der Waals surface area contributed by atoms with Crippen molar-refractivity contribution in [2.45, 2.75) is 38.5 Å². The fourth-order valence-electron chi connectivity index (χ4n) is 3.05. The molecule has 2 aliphatic rings. The molecule has 0 aliphatic carbocycles. The van der Waals surface area contributed by atoms with Crippen LogP contribution in [0.15, 0.2) is 24.3 Å². The fourth-order valence-corrected chi connectivity index (χ4v) is 3.24. The van der Waals surface area contributed by atoms with Crippen LogP contribution in [0.25, 0.3) is 0 Å². The van der Waals surface area contributed by atoms with Gasteiger partial charge in [-0.3, -0.25) is 4.79 Å². The van der Waals surface area contributed by atoms with Gasteiger partial charge in [-0.1, -0.05) is 11.6 Å². The van der Waals surface area contributed by atoms with E-state index in [9.17, 15) is 4.79 Å². The molecule has 6 nitrogen and oxygen atoms in total. The van der Waals surface area contributed by atoms with Crippen molar-refractivity contribution in [3.63, 3.8) is 0 Å². The largest absolute Gasteiger partial charge is 0.491 e. The third-order valence-corrected chi connectivity index (χ3v) is 4.54. The van der Waals surface area contributed by atoms with Crippen LogP contribution in [0.4, 0.5) is 0 Å². The van der Waals surface area contributed by atoms with Crippen molar-refractivity contribution in [1.82, 2.24) is 15.1 Å². The number of fused-ring (bicyclic) bond motifs is 2. The molecule has 0 fully saturated rings. The molecular formula is C17H18ClN3O3. The Kier molecular flexibility index (Phi) is 3.84. The van der Waals surface area contributed by atoms with E-state index < -0.39 is 0 Å². The van der Waals surface area contributed by atoms with E-state index >= 15 is 0 Å². The third kappa shape index (κ3) is 2.94. The summed E-state index contributed by atoms with van der Waals surface area (Å²) < 4.78 is 13.1. The van der Waals surface area contributed by atoms with Gasteiger partial charge in [0, 0.05) is 24.1 Å². The molecule has 0 saturated carbocycles. The molecule has 126 valence electrons. The molecule has 0 spiro atoms. The molecule has 7 heteroatoms. The molecule has 0 radical (unpaired) electrons. The minimum atomic E-state index is -0.216. The average Bonchev–Trinajstić information content (AvgIpc) is 2.97. The number of halogens is 1. The van der Waals surface area contributed by atoms with E-state index in [1.165, 1.54) is 0 Å². The summed E-state index contributed by atoms with van der Waals surface area (Å²) in [6.07, 6.45) is 1.73. The molecule has 2 aliphatic heterocycles. The van der Waals surface area contributed by atoms with Gasteiger partial charge in [0.05, 0.1) is 12.1 Å². The predicted molar refractivity (Wildman–Crippen MR) is 88.8 cm³/mol. The van der Waals surface area contributed by atoms with Crippen LogP contribution in [0.5, 0.6) is 11.6 Å². The average molecular weight is 348 g/mol. The smallest absolute Gasteiger partial charge is 0.272 e. The first-order valence-corrected chi connectivity index (χ1v) is 8.43.